The predicted octanol–water partition coefficient (Wildman–Crippen LogP) is 8.00. The number of sulfonamides is 1. The molecule has 3 aliphatic carbocycles. The fraction of sp³-hybridized carbons (Fsp3) is 0.575. The second-order valence-corrected chi connectivity index (χ2v) is 17.5. The number of fused-ring (bicyclic) bond motifs is 3. The van der Waals surface area contributed by atoms with Crippen LogP contribution in [0.25, 0.3) is 0 Å². The smallest absolute Gasteiger partial charge is 0.264 e. The van der Waals surface area contributed by atoms with E-state index in [2.05, 4.69) is 41.3 Å². The molecule has 2 aromatic rings. The number of hydrogen-bond donors (Lipinski definition) is 2. The molecule has 0 radical (unpaired) electrons. The molecule has 4 aliphatic rings. The number of benzene rings is 2. The molecule has 2 N–H and O–H groups in total. The third-order valence-electron chi connectivity index (χ3n) is 11.5. The molecule has 7 nitrogen and oxygen atoms in total. The van der Waals surface area contributed by atoms with Crippen LogP contribution in [0.1, 0.15) is 99.5 Å². The van der Waals surface area contributed by atoms with Gasteiger partial charge in [0, 0.05) is 29.1 Å². The first-order valence-electron chi connectivity index (χ1n) is 18.4. The highest BCUT2D eigenvalue weighted by molar-refractivity contribution is 7.90. The van der Waals surface area contributed by atoms with Crippen molar-refractivity contribution in [2.75, 3.05) is 24.6 Å². The number of anilines is 1. The Hall–Kier alpha value is -2.81. The fourth-order valence-corrected chi connectivity index (χ4v) is 10.4. The van der Waals surface area contributed by atoms with E-state index in [1.807, 2.05) is 25.1 Å². The summed E-state index contributed by atoms with van der Waals surface area (Å²) < 4.78 is 36.5. The summed E-state index contributed by atoms with van der Waals surface area (Å²) in [5, 5.41) is 11.2. The number of hydrogen-bond acceptors (Lipinski definition) is 6. The van der Waals surface area contributed by atoms with Gasteiger partial charge >= 0.3 is 0 Å². The van der Waals surface area contributed by atoms with Gasteiger partial charge in [-0.15, -0.1) is 6.58 Å². The van der Waals surface area contributed by atoms with Crippen LogP contribution in [0.15, 0.2) is 61.2 Å². The molecule has 1 heterocycles. The Morgan fingerprint density at radius 2 is 2.02 bits per heavy atom. The normalized spacial score (nSPS) is 25.3. The summed E-state index contributed by atoms with van der Waals surface area (Å²) in [6.45, 7) is 9.75. The summed E-state index contributed by atoms with van der Waals surface area (Å²) >= 11 is 6.44. The van der Waals surface area contributed by atoms with Crippen LogP contribution >= 0.6 is 11.6 Å². The van der Waals surface area contributed by atoms with E-state index in [9.17, 15) is 18.3 Å². The molecule has 2 aromatic carbocycles. The molecule has 0 unspecified atom stereocenters. The summed E-state index contributed by atoms with van der Waals surface area (Å²) in [5.74, 6) is 0.737. The van der Waals surface area contributed by atoms with Gasteiger partial charge in [0.05, 0.1) is 23.6 Å². The van der Waals surface area contributed by atoms with Gasteiger partial charge < -0.3 is 14.7 Å². The van der Waals surface area contributed by atoms with E-state index in [0.29, 0.717) is 44.2 Å². The van der Waals surface area contributed by atoms with Crippen molar-refractivity contribution in [2.45, 2.75) is 101 Å². The van der Waals surface area contributed by atoms with Crippen molar-refractivity contribution < 1.29 is 23.1 Å². The average Bonchev–Trinajstić information content (AvgIpc) is 3.89. The lowest BCUT2D eigenvalue weighted by atomic mass is 9.68. The van der Waals surface area contributed by atoms with Gasteiger partial charge in [-0.05, 0) is 116 Å². The van der Waals surface area contributed by atoms with Gasteiger partial charge in [0.1, 0.15) is 5.75 Å². The SMILES string of the molecule is C=CC[C@@H](C)[C@H](CC1CC1)S(=O)(=O)NC(=O)c1ccc2c(c1)N(C[C@@H]1CC[C@H]1[C@@H](O)C=CCCC)C[C@]1(CCCc3cc(Cl)ccc31)CO2. The van der Waals surface area contributed by atoms with E-state index in [1.54, 1.807) is 18.2 Å². The number of carbonyl (C=O) groups excluding carboxylic acids is 1. The molecule has 0 saturated heterocycles. The Bertz CT molecular complexity index is 1660. The molecule has 6 rings (SSSR count). The second kappa shape index (κ2) is 15.2. The average molecular weight is 709 g/mol. The Balaban J connectivity index is 1.30. The number of rotatable bonds is 14. The number of aliphatic hydroxyl groups is 1. The topological polar surface area (TPSA) is 95.9 Å². The van der Waals surface area contributed by atoms with Crippen LogP contribution in [0.2, 0.25) is 5.02 Å². The van der Waals surface area contributed by atoms with Crippen molar-refractivity contribution >= 4 is 33.2 Å². The zero-order chi connectivity index (χ0) is 34.8. The third kappa shape index (κ3) is 8.07. The highest BCUT2D eigenvalue weighted by Crippen LogP contribution is 2.47. The zero-order valence-electron chi connectivity index (χ0n) is 29.1. The molecule has 266 valence electrons. The molecule has 1 aliphatic heterocycles. The number of unbranched alkanes of at least 4 members (excludes halogenated alkanes) is 1. The van der Waals surface area contributed by atoms with Gasteiger partial charge in [0.2, 0.25) is 10.0 Å². The number of nitrogens with zero attached hydrogens (tertiary/aromatic N) is 1. The third-order valence-corrected chi connectivity index (χ3v) is 13.7. The number of amides is 1. The van der Waals surface area contributed by atoms with Crippen molar-refractivity contribution in [2.24, 2.45) is 23.7 Å². The number of ether oxygens (including phenoxy) is 1. The highest BCUT2D eigenvalue weighted by Gasteiger charge is 2.44. The second-order valence-electron chi connectivity index (χ2n) is 15.2. The van der Waals surface area contributed by atoms with Crippen molar-refractivity contribution in [1.82, 2.24) is 4.72 Å². The molecule has 0 bridgehead atoms. The first kappa shape index (κ1) is 36.0. The summed E-state index contributed by atoms with van der Waals surface area (Å²) in [7, 11) is -3.93. The van der Waals surface area contributed by atoms with Crippen LogP contribution in [0.3, 0.4) is 0 Å². The van der Waals surface area contributed by atoms with E-state index >= 15 is 0 Å². The van der Waals surface area contributed by atoms with Gasteiger partial charge in [-0.25, -0.2) is 13.1 Å². The minimum atomic E-state index is -3.93. The molecule has 6 atom stereocenters. The van der Waals surface area contributed by atoms with Crippen LogP contribution in [0, 0.1) is 23.7 Å². The quantitative estimate of drug-likeness (QED) is 0.193. The summed E-state index contributed by atoms with van der Waals surface area (Å²) in [5.41, 5.74) is 3.31. The lowest BCUT2D eigenvalue weighted by Crippen LogP contribution is -2.49. The molecule has 1 spiro atoms. The van der Waals surface area contributed by atoms with Gasteiger partial charge in [-0.3, -0.25) is 4.79 Å². The Kier molecular flexibility index (Phi) is 11.2. The zero-order valence-corrected chi connectivity index (χ0v) is 30.7. The maximum absolute atomic E-state index is 13.7. The largest absolute Gasteiger partial charge is 0.490 e. The van der Waals surface area contributed by atoms with Crippen molar-refractivity contribution in [3.05, 3.63) is 82.9 Å². The van der Waals surface area contributed by atoms with Crippen LogP contribution in [-0.2, 0) is 21.9 Å². The first-order valence-corrected chi connectivity index (χ1v) is 20.3. The van der Waals surface area contributed by atoms with Gasteiger partial charge in [0.15, 0.2) is 0 Å². The van der Waals surface area contributed by atoms with Gasteiger partial charge in [-0.1, -0.05) is 69.0 Å². The number of allylic oxidation sites excluding steroid dienone is 2. The van der Waals surface area contributed by atoms with Crippen LogP contribution < -0.4 is 14.4 Å². The molecule has 2 fully saturated rings. The maximum atomic E-state index is 13.7. The molecule has 0 aromatic heterocycles. The standard InChI is InChI=1S/C40H53ClN2O5S/c1-4-6-7-11-36(44)33-17-14-31(33)24-43-25-40(20-8-10-29-22-32(41)16-18-34(29)40)26-48-37-19-15-30(23-35(37)43)39(45)42-49(46,47)38(21-28-12-13-28)27(3)9-5-2/h5,7,11,15-16,18-19,22-23,27-28,31,33,36,38,44H,2,4,6,8-10,12-14,17,20-21,24-26H2,1,3H3,(H,42,45)/t27-,31+,33-,36+,38+,40-/m1/s1. The number of carbonyl (C=O) groups is 1. The molecular formula is C40H53ClN2O5S. The predicted molar refractivity (Wildman–Crippen MR) is 198 cm³/mol. The first-order chi connectivity index (χ1) is 23.5. The van der Waals surface area contributed by atoms with E-state index in [0.717, 1.165) is 68.5 Å². The van der Waals surface area contributed by atoms with Gasteiger partial charge in [0.25, 0.3) is 5.91 Å². The molecular weight excluding hydrogens is 656 g/mol. The van der Waals surface area contributed by atoms with E-state index in [4.69, 9.17) is 16.3 Å². The summed E-state index contributed by atoms with van der Waals surface area (Å²) in [6, 6.07) is 11.5. The van der Waals surface area contributed by atoms with Crippen LogP contribution in [-0.4, -0.2) is 50.5 Å². The Morgan fingerprint density at radius 1 is 1.20 bits per heavy atom. The van der Waals surface area contributed by atoms with E-state index < -0.39 is 27.3 Å². The number of aryl methyl sites for hydroxylation is 1. The van der Waals surface area contributed by atoms with E-state index in [1.165, 1.54) is 11.1 Å². The molecule has 1 amide bonds. The molecule has 49 heavy (non-hydrogen) atoms. The Morgan fingerprint density at radius 3 is 2.73 bits per heavy atom. The van der Waals surface area contributed by atoms with E-state index in [-0.39, 0.29) is 28.7 Å². The lowest BCUT2D eigenvalue weighted by Gasteiger charge is -2.45. The molecule has 2 saturated carbocycles. The number of aliphatic hydroxyl groups excluding tert-OH is 1. The summed E-state index contributed by atoms with van der Waals surface area (Å²) in [6.07, 6.45) is 15.4. The van der Waals surface area contributed by atoms with Crippen molar-refractivity contribution in [3.8, 4) is 5.75 Å². The Labute approximate surface area is 298 Å². The highest BCUT2D eigenvalue weighted by atomic mass is 35.5. The van der Waals surface area contributed by atoms with Crippen molar-refractivity contribution in [1.29, 1.82) is 0 Å². The van der Waals surface area contributed by atoms with Gasteiger partial charge in [-0.2, -0.15) is 0 Å². The summed E-state index contributed by atoms with van der Waals surface area (Å²) in [4.78, 5) is 16.1. The fourth-order valence-electron chi connectivity index (χ4n) is 8.38. The molecule has 9 heteroatoms. The van der Waals surface area contributed by atoms with Crippen LogP contribution in [0.4, 0.5) is 5.69 Å². The number of halogens is 1. The maximum Gasteiger partial charge on any atom is 0.264 e. The minimum absolute atomic E-state index is 0.147. The van der Waals surface area contributed by atoms with Crippen LogP contribution in [0.5, 0.6) is 5.75 Å². The number of nitrogens with one attached hydrogen (secondary N) is 1. The lowest BCUT2D eigenvalue weighted by molar-refractivity contribution is 0.0456. The monoisotopic (exact) mass is 708 g/mol. The minimum Gasteiger partial charge on any atom is -0.490 e. The van der Waals surface area contributed by atoms with Crippen molar-refractivity contribution in [3.63, 3.8) is 0 Å².